The van der Waals surface area contributed by atoms with E-state index in [2.05, 4.69) is 14.7 Å². The lowest BCUT2D eigenvalue weighted by Crippen LogP contribution is -2.13. The molecular formula is C19H16ClN5O3S2. The molecule has 154 valence electrons. The van der Waals surface area contributed by atoms with Crippen molar-refractivity contribution in [2.45, 2.75) is 19.0 Å². The second kappa shape index (κ2) is 8.39. The van der Waals surface area contributed by atoms with Crippen LogP contribution in [0.3, 0.4) is 0 Å². The number of rotatable bonds is 5. The van der Waals surface area contributed by atoms with Crippen LogP contribution in [0.2, 0.25) is 5.02 Å². The number of benzene rings is 1. The molecule has 0 atom stereocenters. The third kappa shape index (κ3) is 4.59. The Bertz CT molecular complexity index is 1320. The molecule has 1 amide bonds. The normalized spacial score (nSPS) is 11.9. The molecule has 2 aromatic heterocycles. The van der Waals surface area contributed by atoms with Gasteiger partial charge in [0.2, 0.25) is 15.0 Å². The molecule has 0 unspecified atom stereocenters. The predicted molar refractivity (Wildman–Crippen MR) is 115 cm³/mol. The lowest BCUT2D eigenvalue weighted by Gasteiger charge is -2.10. The molecule has 0 saturated carbocycles. The lowest BCUT2D eigenvalue weighted by molar-refractivity contribution is -0.112. The molecule has 2 heterocycles. The minimum absolute atomic E-state index is 0.00836. The van der Waals surface area contributed by atoms with Gasteiger partial charge in [-0.2, -0.15) is 14.6 Å². The number of nitrogens with one attached hydrogen (secondary N) is 1. The highest BCUT2D eigenvalue weighted by atomic mass is 35.5. The van der Waals surface area contributed by atoms with Crippen molar-refractivity contribution >= 4 is 50.1 Å². The number of aromatic nitrogens is 3. The van der Waals surface area contributed by atoms with Crippen LogP contribution in [0.15, 0.2) is 41.1 Å². The van der Waals surface area contributed by atoms with Gasteiger partial charge < -0.3 is 4.57 Å². The molecule has 0 aliphatic heterocycles. The zero-order chi connectivity index (χ0) is 22.1. The summed E-state index contributed by atoms with van der Waals surface area (Å²) in [5.74, 6) is -0.707. The molecular weight excluding hydrogens is 446 g/mol. The van der Waals surface area contributed by atoms with Gasteiger partial charge in [0.25, 0.3) is 11.1 Å². The largest absolute Gasteiger partial charge is 0.318 e. The minimum atomic E-state index is -3.58. The summed E-state index contributed by atoms with van der Waals surface area (Å²) in [6, 6.07) is 11.1. The Morgan fingerprint density at radius 1 is 1.33 bits per heavy atom. The Balaban J connectivity index is 1.91. The number of hydrogen-bond donors (Lipinski definition) is 1. The number of hydrogen-bond acceptors (Lipinski definition) is 7. The van der Waals surface area contributed by atoms with Gasteiger partial charge in [0, 0.05) is 39.9 Å². The molecule has 0 fully saturated rings. The second-order valence-electron chi connectivity index (χ2n) is 6.42. The maximum atomic E-state index is 12.5. The summed E-state index contributed by atoms with van der Waals surface area (Å²) in [5, 5.41) is 12.1. The summed E-state index contributed by atoms with van der Waals surface area (Å²) in [6.45, 7) is 3.78. The van der Waals surface area contributed by atoms with Crippen molar-refractivity contribution in [3.63, 3.8) is 0 Å². The van der Waals surface area contributed by atoms with Crippen molar-refractivity contribution in [2.24, 2.45) is 0 Å². The van der Waals surface area contributed by atoms with E-state index in [1.54, 1.807) is 6.07 Å². The number of amides is 1. The molecule has 11 heteroatoms. The number of anilines is 1. The van der Waals surface area contributed by atoms with E-state index in [9.17, 15) is 18.5 Å². The van der Waals surface area contributed by atoms with E-state index in [4.69, 9.17) is 11.6 Å². The smallest absolute Gasteiger partial charge is 0.268 e. The summed E-state index contributed by atoms with van der Waals surface area (Å²) < 4.78 is 28.6. The third-order valence-electron chi connectivity index (χ3n) is 4.16. The molecule has 0 aliphatic rings. The number of nitrogens with zero attached hydrogens (tertiary/aromatic N) is 4. The average Bonchev–Trinajstić information content (AvgIpc) is 3.24. The molecule has 1 aromatic carbocycles. The van der Waals surface area contributed by atoms with Crippen LogP contribution in [-0.2, 0) is 14.6 Å². The highest BCUT2D eigenvalue weighted by Crippen LogP contribution is 2.25. The van der Waals surface area contributed by atoms with E-state index in [0.717, 1.165) is 34.9 Å². The van der Waals surface area contributed by atoms with Gasteiger partial charge in [-0.25, -0.2) is 8.42 Å². The first-order valence-corrected chi connectivity index (χ1v) is 11.6. The molecule has 0 saturated heterocycles. The maximum absolute atomic E-state index is 12.5. The fourth-order valence-electron chi connectivity index (χ4n) is 2.83. The first-order valence-electron chi connectivity index (χ1n) is 8.52. The number of halogens is 1. The zero-order valence-corrected chi connectivity index (χ0v) is 18.6. The van der Waals surface area contributed by atoms with Crippen LogP contribution in [0.5, 0.6) is 0 Å². The van der Waals surface area contributed by atoms with E-state index in [0.29, 0.717) is 10.6 Å². The summed E-state index contributed by atoms with van der Waals surface area (Å²) in [7, 11) is -3.58. The third-order valence-corrected chi connectivity index (χ3v) is 5.99. The first-order chi connectivity index (χ1) is 14.1. The van der Waals surface area contributed by atoms with Crippen LogP contribution in [0.25, 0.3) is 11.8 Å². The van der Waals surface area contributed by atoms with Crippen LogP contribution < -0.4 is 5.32 Å². The summed E-state index contributed by atoms with van der Waals surface area (Å²) in [4.78, 5) is 16.3. The topological polar surface area (TPSA) is 118 Å². The minimum Gasteiger partial charge on any atom is -0.318 e. The average molecular weight is 462 g/mol. The number of nitriles is 1. The molecule has 0 aliphatic carbocycles. The Morgan fingerprint density at radius 2 is 2.07 bits per heavy atom. The van der Waals surface area contributed by atoms with Crippen molar-refractivity contribution in [1.82, 2.24) is 13.9 Å². The SMILES string of the molecule is Cc1cc(C=C(C#N)C(=O)Nc2nc(S(C)(=O)=O)ns2)c(C)n1-c1cccc(Cl)c1. The zero-order valence-electron chi connectivity index (χ0n) is 16.2. The molecule has 1 N–H and O–H groups in total. The molecule has 30 heavy (non-hydrogen) atoms. The lowest BCUT2D eigenvalue weighted by atomic mass is 10.1. The van der Waals surface area contributed by atoms with Crippen LogP contribution in [0, 0.1) is 25.2 Å². The Morgan fingerprint density at radius 3 is 2.67 bits per heavy atom. The van der Waals surface area contributed by atoms with E-state index >= 15 is 0 Å². The molecule has 3 rings (SSSR count). The number of sulfone groups is 1. The van der Waals surface area contributed by atoms with Crippen LogP contribution in [0.1, 0.15) is 17.0 Å². The molecule has 0 bridgehead atoms. The fraction of sp³-hybridized carbons (Fsp3) is 0.158. The summed E-state index contributed by atoms with van der Waals surface area (Å²) in [5.41, 5.74) is 3.12. The van der Waals surface area contributed by atoms with Gasteiger partial charge in [-0.05, 0) is 49.8 Å². The maximum Gasteiger partial charge on any atom is 0.268 e. The highest BCUT2D eigenvalue weighted by Gasteiger charge is 2.18. The van der Waals surface area contributed by atoms with Gasteiger partial charge in [-0.3, -0.25) is 10.1 Å². The molecule has 8 nitrogen and oxygen atoms in total. The Hall–Kier alpha value is -3.00. The Kier molecular flexibility index (Phi) is 6.07. The monoisotopic (exact) mass is 461 g/mol. The van der Waals surface area contributed by atoms with Gasteiger partial charge in [0.15, 0.2) is 0 Å². The molecule has 3 aromatic rings. The quantitative estimate of drug-likeness (QED) is 0.458. The highest BCUT2D eigenvalue weighted by molar-refractivity contribution is 7.90. The van der Waals surface area contributed by atoms with Gasteiger partial charge in [-0.15, -0.1) is 0 Å². The number of aryl methyl sites for hydroxylation is 1. The van der Waals surface area contributed by atoms with Gasteiger partial charge in [0.05, 0.1) is 0 Å². The van der Waals surface area contributed by atoms with Gasteiger partial charge in [-0.1, -0.05) is 17.7 Å². The van der Waals surface area contributed by atoms with Crippen molar-refractivity contribution < 1.29 is 13.2 Å². The van der Waals surface area contributed by atoms with Crippen molar-refractivity contribution in [2.75, 3.05) is 11.6 Å². The fourth-order valence-corrected chi connectivity index (χ4v) is 4.45. The van der Waals surface area contributed by atoms with Gasteiger partial charge >= 0.3 is 0 Å². The van der Waals surface area contributed by atoms with E-state index in [1.165, 1.54) is 6.08 Å². The van der Waals surface area contributed by atoms with E-state index in [1.807, 2.05) is 48.7 Å². The van der Waals surface area contributed by atoms with Crippen LogP contribution >= 0.6 is 23.1 Å². The van der Waals surface area contributed by atoms with Crippen molar-refractivity contribution in [3.05, 3.63) is 57.9 Å². The van der Waals surface area contributed by atoms with Gasteiger partial charge in [0.1, 0.15) is 11.6 Å². The predicted octanol–water partition coefficient (Wildman–Crippen LogP) is 3.55. The van der Waals surface area contributed by atoms with E-state index in [-0.39, 0.29) is 15.9 Å². The van der Waals surface area contributed by atoms with Crippen molar-refractivity contribution in [1.29, 1.82) is 5.26 Å². The number of carbonyl (C=O) groups is 1. The summed E-state index contributed by atoms with van der Waals surface area (Å²) in [6.07, 6.45) is 2.44. The molecule has 0 spiro atoms. The second-order valence-corrected chi connectivity index (χ2v) is 9.52. The Labute approximate surface area is 182 Å². The van der Waals surface area contributed by atoms with Crippen LogP contribution in [0.4, 0.5) is 5.13 Å². The van der Waals surface area contributed by atoms with Crippen LogP contribution in [-0.4, -0.2) is 34.5 Å². The standard InChI is InChI=1S/C19H16ClN5O3S2/c1-11-7-13(12(2)25(11)16-6-4-5-15(20)9-16)8-14(10-21)17(26)22-18-23-19(24-29-18)30(3,27)28/h4-9H,1-3H3,(H,22,23,24,26). The van der Waals surface area contributed by atoms with E-state index < -0.39 is 15.7 Å². The number of carbonyl (C=O) groups excluding carboxylic acids is 1. The first kappa shape index (κ1) is 21.7. The van der Waals surface area contributed by atoms with Crippen molar-refractivity contribution in [3.8, 4) is 11.8 Å². The molecule has 0 radical (unpaired) electrons. The summed E-state index contributed by atoms with van der Waals surface area (Å²) >= 11 is 6.81.